The largest absolute Gasteiger partial charge is 0.507 e. The van der Waals surface area contributed by atoms with Gasteiger partial charge in [-0.2, -0.15) is 0 Å². The highest BCUT2D eigenvalue weighted by atomic mass is 79.9. The highest BCUT2D eigenvalue weighted by Gasteiger charge is 2.27. The smallest absolute Gasteiger partial charge is 0.133 e. The maximum Gasteiger partial charge on any atom is 0.133 e. The molecule has 0 saturated heterocycles. The fourth-order valence-electron chi connectivity index (χ4n) is 6.11. The molecule has 0 heterocycles. The van der Waals surface area contributed by atoms with Crippen molar-refractivity contribution >= 4 is 98.3 Å². The lowest BCUT2D eigenvalue weighted by Gasteiger charge is -2.23. The third-order valence-corrected chi connectivity index (χ3v) is 11.0. The minimum atomic E-state index is -0.478. The molecule has 0 spiro atoms. The lowest BCUT2D eigenvalue weighted by Crippen LogP contribution is -2.06. The topological polar surface area (TPSA) is 133 Å². The monoisotopic (exact) mass is 990 g/mol. The van der Waals surface area contributed by atoms with Crippen molar-refractivity contribution in [3.63, 3.8) is 0 Å². The third kappa shape index (κ3) is 8.86. The standard InChI is InChI=1S/C21H19Cl2NO2.C19H13Br4NO2/c1-11-6-14(22)9-17(20(11)25)19(13-4-3-5-16(24)8-13)18-10-15(23)7-12(2)21(18)26;20-10-5-13(18(25)15(22)7-10)17(9-2-1-3-12(24)4-9)14-6-11(21)8-16(23)19(14)26/h3-10,19,25-26H,24H2,1-2H3;1-8,17,25-26H,24H2. The van der Waals surface area contributed by atoms with Crippen LogP contribution in [0, 0.1) is 13.8 Å². The molecule has 6 nitrogen and oxygen atoms in total. The summed E-state index contributed by atoms with van der Waals surface area (Å²) in [5.41, 5.74) is 18.6. The predicted octanol–water partition coefficient (Wildman–Crippen LogP) is 12.7. The van der Waals surface area contributed by atoms with E-state index in [1.54, 1.807) is 62.4 Å². The highest BCUT2D eigenvalue weighted by Crippen LogP contribution is 2.48. The van der Waals surface area contributed by atoms with Gasteiger partial charge in [0.05, 0.1) is 8.95 Å². The van der Waals surface area contributed by atoms with Gasteiger partial charge in [-0.25, -0.2) is 0 Å². The number of halogens is 6. The molecule has 0 aliphatic carbocycles. The average Bonchev–Trinajstić information content (AvgIpc) is 3.07. The Bertz CT molecular complexity index is 2030. The van der Waals surface area contributed by atoms with Crippen LogP contribution in [0.3, 0.4) is 0 Å². The molecule has 0 aromatic heterocycles. The van der Waals surface area contributed by atoms with Crippen LogP contribution >= 0.6 is 86.9 Å². The summed E-state index contributed by atoms with van der Waals surface area (Å²) in [6.45, 7) is 3.56. The fourth-order valence-corrected chi connectivity index (χ4v) is 9.18. The van der Waals surface area contributed by atoms with Gasteiger partial charge in [-0.1, -0.05) is 79.3 Å². The Hall–Kier alpha value is -3.38. The van der Waals surface area contributed by atoms with Crippen LogP contribution in [0.1, 0.15) is 56.3 Å². The van der Waals surface area contributed by atoms with E-state index in [9.17, 15) is 20.4 Å². The normalized spacial score (nSPS) is 11.1. The van der Waals surface area contributed by atoms with E-state index in [2.05, 4.69) is 63.7 Å². The van der Waals surface area contributed by atoms with Crippen molar-refractivity contribution in [3.8, 4) is 23.0 Å². The SMILES string of the molecule is Cc1cc(Cl)cc(C(c2cccc(N)c2)c2cc(Cl)cc(C)c2O)c1O.Nc1cccc(C(c2cc(Br)cc(Br)c2O)c2cc(Br)cc(Br)c2O)c1. The van der Waals surface area contributed by atoms with Crippen LogP contribution in [0.2, 0.25) is 10.0 Å². The van der Waals surface area contributed by atoms with Crippen LogP contribution in [0.4, 0.5) is 11.4 Å². The first kappa shape index (κ1) is 39.8. The van der Waals surface area contributed by atoms with Gasteiger partial charge in [0.15, 0.2) is 0 Å². The lowest BCUT2D eigenvalue weighted by molar-refractivity contribution is 0.453. The number of phenols is 4. The number of nitrogens with two attached hydrogens (primary N) is 2. The van der Waals surface area contributed by atoms with Gasteiger partial charge in [0.2, 0.25) is 0 Å². The Morgan fingerprint density at radius 3 is 1.17 bits per heavy atom. The molecule has 0 unspecified atom stereocenters. The Labute approximate surface area is 345 Å². The number of phenolic OH excluding ortho intramolecular Hbond substituents is 4. The molecule has 6 aromatic carbocycles. The number of aromatic hydroxyl groups is 4. The van der Waals surface area contributed by atoms with Crippen molar-refractivity contribution in [1.29, 1.82) is 0 Å². The molecule has 0 aliphatic rings. The van der Waals surface area contributed by atoms with E-state index < -0.39 is 11.8 Å². The van der Waals surface area contributed by atoms with E-state index in [1.807, 2.05) is 48.5 Å². The summed E-state index contributed by atoms with van der Waals surface area (Å²) in [6, 6.07) is 28.7. The van der Waals surface area contributed by atoms with Crippen LogP contribution < -0.4 is 11.5 Å². The zero-order valence-corrected chi connectivity index (χ0v) is 35.5. The van der Waals surface area contributed by atoms with Crippen LogP contribution in [-0.4, -0.2) is 20.4 Å². The van der Waals surface area contributed by atoms with Gasteiger partial charge in [-0.3, -0.25) is 0 Å². The maximum absolute atomic E-state index is 10.7. The second kappa shape index (κ2) is 16.7. The summed E-state index contributed by atoms with van der Waals surface area (Å²) in [5.74, 6) is -0.445. The number of nitrogen functional groups attached to an aromatic ring is 2. The minimum absolute atomic E-state index is 0.108. The van der Waals surface area contributed by atoms with Crippen molar-refractivity contribution in [3.05, 3.63) is 170 Å². The minimum Gasteiger partial charge on any atom is -0.507 e. The first-order valence-corrected chi connectivity index (χ1v) is 19.5. The van der Waals surface area contributed by atoms with Crippen LogP contribution in [0.25, 0.3) is 0 Å². The van der Waals surface area contributed by atoms with Crippen molar-refractivity contribution in [1.82, 2.24) is 0 Å². The molecular weight excluding hydrogens is 963 g/mol. The molecule has 0 bridgehead atoms. The summed E-state index contributed by atoms with van der Waals surface area (Å²) < 4.78 is 2.73. The zero-order chi connectivity index (χ0) is 38.0. The molecule has 52 heavy (non-hydrogen) atoms. The van der Waals surface area contributed by atoms with E-state index in [-0.39, 0.29) is 23.0 Å². The van der Waals surface area contributed by atoms with Gasteiger partial charge in [0.25, 0.3) is 0 Å². The van der Waals surface area contributed by atoms with Crippen molar-refractivity contribution in [2.24, 2.45) is 0 Å². The van der Waals surface area contributed by atoms with E-state index in [1.165, 1.54) is 0 Å². The van der Waals surface area contributed by atoms with Gasteiger partial charge in [0, 0.05) is 64.5 Å². The predicted molar refractivity (Wildman–Crippen MR) is 226 cm³/mol. The third-order valence-electron chi connectivity index (χ3n) is 8.44. The second-order valence-corrected chi connectivity index (χ2v) is 16.6. The summed E-state index contributed by atoms with van der Waals surface area (Å²) >= 11 is 26.2. The van der Waals surface area contributed by atoms with E-state index >= 15 is 0 Å². The molecule has 0 radical (unpaired) electrons. The van der Waals surface area contributed by atoms with E-state index in [0.29, 0.717) is 63.7 Å². The average molecular weight is 995 g/mol. The number of hydrogen-bond acceptors (Lipinski definition) is 6. The summed E-state index contributed by atoms with van der Waals surface area (Å²) in [6.07, 6.45) is 0. The number of hydrogen-bond donors (Lipinski definition) is 6. The molecule has 6 aromatic rings. The zero-order valence-electron chi connectivity index (χ0n) is 27.6. The quantitative estimate of drug-likeness (QED) is 0.0727. The molecule has 268 valence electrons. The molecule has 0 atom stereocenters. The Morgan fingerprint density at radius 1 is 0.481 bits per heavy atom. The first-order chi connectivity index (χ1) is 24.5. The van der Waals surface area contributed by atoms with Crippen molar-refractivity contribution < 1.29 is 20.4 Å². The second-order valence-electron chi connectivity index (χ2n) is 12.2. The summed E-state index contributed by atoms with van der Waals surface area (Å²) in [4.78, 5) is 0. The number of rotatable bonds is 6. The number of aryl methyl sites for hydroxylation is 2. The molecule has 8 N–H and O–H groups in total. The van der Waals surface area contributed by atoms with Crippen molar-refractivity contribution in [2.45, 2.75) is 25.7 Å². The Morgan fingerprint density at radius 2 is 0.827 bits per heavy atom. The highest BCUT2D eigenvalue weighted by molar-refractivity contribution is 9.11. The lowest BCUT2D eigenvalue weighted by atomic mass is 9.82. The molecule has 0 saturated carbocycles. The fraction of sp³-hybridized carbons (Fsp3) is 0.100. The summed E-state index contributed by atoms with van der Waals surface area (Å²) in [5, 5.41) is 43.8. The Balaban J connectivity index is 0.000000201. The summed E-state index contributed by atoms with van der Waals surface area (Å²) in [7, 11) is 0. The Kier molecular flexibility index (Phi) is 12.8. The van der Waals surface area contributed by atoms with E-state index in [4.69, 9.17) is 34.7 Å². The maximum atomic E-state index is 10.7. The molecule has 0 amide bonds. The molecule has 6 rings (SSSR count). The van der Waals surface area contributed by atoms with Gasteiger partial charge in [0.1, 0.15) is 23.0 Å². The number of benzene rings is 6. The van der Waals surface area contributed by atoms with Gasteiger partial charge >= 0.3 is 0 Å². The van der Waals surface area contributed by atoms with Gasteiger partial charge in [-0.05, 0) is 141 Å². The first-order valence-electron chi connectivity index (χ1n) is 15.6. The number of anilines is 2. The van der Waals surface area contributed by atoms with Crippen LogP contribution in [-0.2, 0) is 0 Å². The van der Waals surface area contributed by atoms with E-state index in [0.717, 1.165) is 20.1 Å². The molecule has 0 aliphatic heterocycles. The molecular formula is C40H32Br4Cl2N2O4. The molecule has 0 fully saturated rings. The molecule has 12 heteroatoms. The van der Waals surface area contributed by atoms with Crippen LogP contribution in [0.15, 0.2) is 115 Å². The van der Waals surface area contributed by atoms with Crippen LogP contribution in [0.5, 0.6) is 23.0 Å². The van der Waals surface area contributed by atoms with Gasteiger partial charge in [-0.15, -0.1) is 0 Å². The van der Waals surface area contributed by atoms with Crippen molar-refractivity contribution in [2.75, 3.05) is 11.5 Å². The van der Waals surface area contributed by atoms with Gasteiger partial charge < -0.3 is 31.9 Å².